The van der Waals surface area contributed by atoms with E-state index in [4.69, 9.17) is 5.11 Å². The summed E-state index contributed by atoms with van der Waals surface area (Å²) in [6, 6.07) is 14.1. The van der Waals surface area contributed by atoms with Crippen molar-refractivity contribution in [3.63, 3.8) is 0 Å². The minimum absolute atomic E-state index is 0.0474. The van der Waals surface area contributed by atoms with Gasteiger partial charge < -0.3 is 10.4 Å². The molecule has 0 atom stereocenters. The number of Topliss-reactive ketones (excluding diaryl/α,β-unsaturated/α-hetero) is 2. The Balaban J connectivity index is 1.99. The maximum atomic E-state index is 12.1. The molecule has 4 heteroatoms. The lowest BCUT2D eigenvalue weighted by molar-refractivity contribution is 0.0894. The number of aliphatic hydroxyl groups is 1. The molecule has 2 aromatic rings. The predicted octanol–water partition coefficient (Wildman–Crippen LogP) is 2.85. The van der Waals surface area contributed by atoms with Crippen LogP contribution in [-0.4, -0.2) is 29.8 Å². The van der Waals surface area contributed by atoms with Gasteiger partial charge in [0.15, 0.2) is 11.6 Å². The number of carbonyl (C=O) groups excluding carboxylic acids is 2. The quantitative estimate of drug-likeness (QED) is 0.609. The van der Waals surface area contributed by atoms with Crippen molar-refractivity contribution in [2.75, 3.05) is 18.5 Å². The van der Waals surface area contributed by atoms with E-state index < -0.39 is 0 Å². The SMILES string of the molecule is Cc1ccc(C(=O)CC(=O)c2ccc(NCCO)cc2)cc1. The van der Waals surface area contributed by atoms with E-state index in [-0.39, 0.29) is 24.6 Å². The molecule has 4 nitrogen and oxygen atoms in total. The zero-order valence-electron chi connectivity index (χ0n) is 12.5. The molecule has 0 aliphatic carbocycles. The molecule has 2 rings (SSSR count). The molecule has 0 fully saturated rings. The molecule has 0 radical (unpaired) electrons. The number of anilines is 1. The highest BCUT2D eigenvalue weighted by Gasteiger charge is 2.13. The Morgan fingerprint density at radius 3 is 1.91 bits per heavy atom. The van der Waals surface area contributed by atoms with Gasteiger partial charge in [0.1, 0.15) is 0 Å². The summed E-state index contributed by atoms with van der Waals surface area (Å²) in [5, 5.41) is 11.7. The minimum Gasteiger partial charge on any atom is -0.395 e. The highest BCUT2D eigenvalue weighted by atomic mass is 16.3. The van der Waals surface area contributed by atoms with Crippen molar-refractivity contribution in [3.05, 3.63) is 65.2 Å². The molecule has 0 saturated carbocycles. The second-order valence-electron chi connectivity index (χ2n) is 5.12. The zero-order chi connectivity index (χ0) is 15.9. The number of hydrogen-bond acceptors (Lipinski definition) is 4. The zero-order valence-corrected chi connectivity index (χ0v) is 12.5. The first-order valence-electron chi connectivity index (χ1n) is 7.18. The van der Waals surface area contributed by atoms with E-state index in [2.05, 4.69) is 5.32 Å². The van der Waals surface area contributed by atoms with Crippen LogP contribution < -0.4 is 5.32 Å². The van der Waals surface area contributed by atoms with Gasteiger partial charge in [0.05, 0.1) is 13.0 Å². The van der Waals surface area contributed by atoms with Gasteiger partial charge in [-0.05, 0) is 31.2 Å². The van der Waals surface area contributed by atoms with Gasteiger partial charge in [-0.25, -0.2) is 0 Å². The second-order valence-corrected chi connectivity index (χ2v) is 5.12. The van der Waals surface area contributed by atoms with Gasteiger partial charge in [0.25, 0.3) is 0 Å². The topological polar surface area (TPSA) is 66.4 Å². The molecule has 2 aromatic carbocycles. The molecule has 0 amide bonds. The summed E-state index contributed by atoms with van der Waals surface area (Å²) in [4.78, 5) is 24.2. The Labute approximate surface area is 129 Å². The average molecular weight is 297 g/mol. The van der Waals surface area contributed by atoms with Crippen molar-refractivity contribution in [3.8, 4) is 0 Å². The molecule has 0 aliphatic heterocycles. The van der Waals surface area contributed by atoms with Crippen molar-refractivity contribution in [2.45, 2.75) is 13.3 Å². The molecular weight excluding hydrogens is 278 g/mol. The van der Waals surface area contributed by atoms with Gasteiger partial charge in [-0.1, -0.05) is 29.8 Å². The fourth-order valence-corrected chi connectivity index (χ4v) is 2.06. The Morgan fingerprint density at radius 1 is 0.909 bits per heavy atom. The van der Waals surface area contributed by atoms with Crippen LogP contribution >= 0.6 is 0 Å². The number of aryl methyl sites for hydroxylation is 1. The van der Waals surface area contributed by atoms with Crippen molar-refractivity contribution in [1.82, 2.24) is 0 Å². The van der Waals surface area contributed by atoms with E-state index in [9.17, 15) is 9.59 Å². The third kappa shape index (κ3) is 4.27. The Morgan fingerprint density at radius 2 is 1.41 bits per heavy atom. The largest absolute Gasteiger partial charge is 0.395 e. The summed E-state index contributed by atoms with van der Waals surface area (Å²) >= 11 is 0. The molecule has 0 aliphatic rings. The van der Waals surface area contributed by atoms with Crippen LogP contribution in [0, 0.1) is 6.92 Å². The number of benzene rings is 2. The standard InChI is InChI=1S/C18H19NO3/c1-13-2-4-14(5-3-13)17(21)12-18(22)15-6-8-16(9-7-15)19-10-11-20/h2-9,19-20H,10-12H2,1H3. The lowest BCUT2D eigenvalue weighted by atomic mass is 10.0. The maximum Gasteiger partial charge on any atom is 0.170 e. The summed E-state index contributed by atoms with van der Waals surface area (Å²) in [6.07, 6.45) is -0.132. The van der Waals surface area contributed by atoms with Gasteiger partial charge in [0, 0.05) is 23.4 Å². The van der Waals surface area contributed by atoms with Crippen LogP contribution in [0.4, 0.5) is 5.69 Å². The van der Waals surface area contributed by atoms with Crippen LogP contribution in [-0.2, 0) is 0 Å². The molecule has 0 heterocycles. The van der Waals surface area contributed by atoms with Crippen LogP contribution in [0.3, 0.4) is 0 Å². The van der Waals surface area contributed by atoms with E-state index in [1.807, 2.05) is 19.1 Å². The van der Waals surface area contributed by atoms with Gasteiger partial charge in [-0.2, -0.15) is 0 Å². The first-order chi connectivity index (χ1) is 10.6. The van der Waals surface area contributed by atoms with Gasteiger partial charge in [0.2, 0.25) is 0 Å². The lowest BCUT2D eigenvalue weighted by Gasteiger charge is -2.06. The normalized spacial score (nSPS) is 10.3. The Bertz CT molecular complexity index is 645. The summed E-state index contributed by atoms with van der Waals surface area (Å²) in [6.45, 7) is 2.46. The fourth-order valence-electron chi connectivity index (χ4n) is 2.06. The van der Waals surface area contributed by atoms with E-state index in [1.54, 1.807) is 36.4 Å². The van der Waals surface area contributed by atoms with E-state index in [0.717, 1.165) is 11.3 Å². The van der Waals surface area contributed by atoms with Gasteiger partial charge in [-0.3, -0.25) is 9.59 Å². The Kier molecular flexibility index (Phi) is 5.44. The molecular formula is C18H19NO3. The number of rotatable bonds is 7. The summed E-state index contributed by atoms with van der Waals surface area (Å²) in [5.74, 6) is -0.369. The Hall–Kier alpha value is -2.46. The second kappa shape index (κ2) is 7.52. The molecule has 22 heavy (non-hydrogen) atoms. The predicted molar refractivity (Wildman–Crippen MR) is 86.5 cm³/mol. The van der Waals surface area contributed by atoms with Crippen molar-refractivity contribution >= 4 is 17.3 Å². The van der Waals surface area contributed by atoms with Crippen LogP contribution in [0.5, 0.6) is 0 Å². The summed E-state index contributed by atoms with van der Waals surface area (Å²) in [5.41, 5.74) is 2.97. The maximum absolute atomic E-state index is 12.1. The van der Waals surface area contributed by atoms with Crippen molar-refractivity contribution in [2.24, 2.45) is 0 Å². The van der Waals surface area contributed by atoms with Crippen LogP contribution in [0.25, 0.3) is 0 Å². The van der Waals surface area contributed by atoms with Crippen LogP contribution in [0.1, 0.15) is 32.7 Å². The highest BCUT2D eigenvalue weighted by molar-refractivity contribution is 6.13. The van der Waals surface area contributed by atoms with Gasteiger partial charge in [-0.15, -0.1) is 0 Å². The van der Waals surface area contributed by atoms with E-state index >= 15 is 0 Å². The van der Waals surface area contributed by atoms with Crippen LogP contribution in [0.15, 0.2) is 48.5 Å². The number of carbonyl (C=O) groups is 2. The molecule has 2 N–H and O–H groups in total. The van der Waals surface area contributed by atoms with E-state index in [0.29, 0.717) is 17.7 Å². The number of aliphatic hydroxyl groups excluding tert-OH is 1. The average Bonchev–Trinajstić information content (AvgIpc) is 2.54. The monoisotopic (exact) mass is 297 g/mol. The third-order valence-electron chi connectivity index (χ3n) is 3.34. The number of hydrogen-bond donors (Lipinski definition) is 2. The molecule has 0 aromatic heterocycles. The minimum atomic E-state index is -0.195. The third-order valence-corrected chi connectivity index (χ3v) is 3.34. The fraction of sp³-hybridized carbons (Fsp3) is 0.222. The summed E-state index contributed by atoms with van der Waals surface area (Å²) < 4.78 is 0. The molecule has 0 bridgehead atoms. The molecule has 0 spiro atoms. The lowest BCUT2D eigenvalue weighted by Crippen LogP contribution is -2.09. The first kappa shape index (κ1) is 15.9. The van der Waals surface area contributed by atoms with Crippen molar-refractivity contribution < 1.29 is 14.7 Å². The number of nitrogens with one attached hydrogen (secondary N) is 1. The van der Waals surface area contributed by atoms with Crippen LogP contribution in [0.2, 0.25) is 0 Å². The smallest absolute Gasteiger partial charge is 0.170 e. The highest BCUT2D eigenvalue weighted by Crippen LogP contribution is 2.13. The first-order valence-corrected chi connectivity index (χ1v) is 7.18. The van der Waals surface area contributed by atoms with Crippen molar-refractivity contribution in [1.29, 1.82) is 0 Å². The molecule has 114 valence electrons. The van der Waals surface area contributed by atoms with E-state index in [1.165, 1.54) is 0 Å². The number of ketones is 2. The molecule has 0 unspecified atom stereocenters. The van der Waals surface area contributed by atoms with Gasteiger partial charge >= 0.3 is 0 Å². The summed E-state index contributed by atoms with van der Waals surface area (Å²) in [7, 11) is 0. The molecule has 0 saturated heterocycles.